The molecule has 0 fully saturated rings. The molecular formula is C12H26O3S3. The lowest BCUT2D eigenvalue weighted by atomic mass is 10.3. The normalized spacial score (nSPS) is 12.0. The zero-order valence-corrected chi connectivity index (χ0v) is 13.8. The van der Waals surface area contributed by atoms with E-state index in [0.717, 1.165) is 36.5 Å². The van der Waals surface area contributed by atoms with Crippen LogP contribution in [-0.2, 0) is 14.2 Å². The van der Waals surface area contributed by atoms with Crippen molar-refractivity contribution < 1.29 is 14.2 Å². The number of hydrogen-bond acceptors (Lipinski definition) is 6. The molecule has 0 aliphatic carbocycles. The van der Waals surface area contributed by atoms with Gasteiger partial charge in [-0.1, -0.05) is 0 Å². The highest BCUT2D eigenvalue weighted by atomic mass is 32.1. The number of rotatable bonds is 13. The van der Waals surface area contributed by atoms with E-state index >= 15 is 0 Å². The van der Waals surface area contributed by atoms with Crippen LogP contribution in [0.2, 0.25) is 0 Å². The molecule has 3 nitrogen and oxygen atoms in total. The maximum absolute atomic E-state index is 5.76. The maximum atomic E-state index is 5.76. The molecule has 0 aromatic carbocycles. The minimum atomic E-state index is -0.664. The SMILES string of the molecule is CC(COCCCS)(OCCCS)OCCCS. The van der Waals surface area contributed by atoms with Crippen molar-refractivity contribution in [1.29, 1.82) is 0 Å². The number of ether oxygens (including phenoxy) is 3. The fourth-order valence-corrected chi connectivity index (χ4v) is 1.64. The van der Waals surface area contributed by atoms with E-state index in [-0.39, 0.29) is 0 Å². The molecule has 0 bridgehead atoms. The second-order valence-electron chi connectivity index (χ2n) is 4.11. The first-order valence-corrected chi connectivity index (χ1v) is 8.26. The molecule has 0 saturated heterocycles. The minimum absolute atomic E-state index is 0.444. The fraction of sp³-hybridized carbons (Fsp3) is 1.00. The first-order valence-electron chi connectivity index (χ1n) is 6.37. The average Bonchev–Trinajstić information content (AvgIpc) is 2.36. The Balaban J connectivity index is 3.95. The zero-order valence-electron chi connectivity index (χ0n) is 11.1. The van der Waals surface area contributed by atoms with Crippen molar-refractivity contribution in [2.45, 2.75) is 32.0 Å². The Bertz CT molecular complexity index is 172. The lowest BCUT2D eigenvalue weighted by Crippen LogP contribution is -2.38. The summed E-state index contributed by atoms with van der Waals surface area (Å²) in [5.41, 5.74) is 0. The van der Waals surface area contributed by atoms with E-state index < -0.39 is 5.79 Å². The van der Waals surface area contributed by atoms with Gasteiger partial charge < -0.3 is 14.2 Å². The number of thiol groups is 3. The lowest BCUT2D eigenvalue weighted by molar-refractivity contribution is -0.250. The van der Waals surface area contributed by atoms with E-state index in [2.05, 4.69) is 37.9 Å². The topological polar surface area (TPSA) is 27.7 Å². The van der Waals surface area contributed by atoms with Crippen LogP contribution in [0.25, 0.3) is 0 Å². The van der Waals surface area contributed by atoms with Crippen LogP contribution in [0.1, 0.15) is 26.2 Å². The summed E-state index contributed by atoms with van der Waals surface area (Å²) in [5.74, 6) is 1.79. The van der Waals surface area contributed by atoms with Gasteiger partial charge in [0, 0.05) is 6.61 Å². The third-order valence-corrected chi connectivity index (χ3v) is 3.18. The van der Waals surface area contributed by atoms with Crippen LogP contribution in [0.15, 0.2) is 0 Å². The summed E-state index contributed by atoms with van der Waals surface area (Å²) in [6, 6.07) is 0. The van der Waals surface area contributed by atoms with Gasteiger partial charge in [-0.15, -0.1) is 0 Å². The van der Waals surface area contributed by atoms with Crippen LogP contribution in [0.3, 0.4) is 0 Å². The Morgan fingerprint density at radius 2 is 1.22 bits per heavy atom. The van der Waals surface area contributed by atoms with Gasteiger partial charge in [-0.25, -0.2) is 0 Å². The van der Waals surface area contributed by atoms with Crippen LogP contribution in [0.5, 0.6) is 0 Å². The first-order chi connectivity index (χ1) is 8.68. The molecule has 0 aromatic rings. The summed E-state index contributed by atoms with van der Waals surface area (Å²) >= 11 is 12.5. The molecule has 6 heteroatoms. The Kier molecular flexibility index (Phi) is 13.6. The van der Waals surface area contributed by atoms with Gasteiger partial charge in [-0.05, 0) is 43.4 Å². The van der Waals surface area contributed by atoms with Gasteiger partial charge in [0.05, 0.1) is 13.2 Å². The summed E-state index contributed by atoms with van der Waals surface area (Å²) < 4.78 is 17.1. The zero-order chi connectivity index (χ0) is 13.7. The highest BCUT2D eigenvalue weighted by Crippen LogP contribution is 2.15. The van der Waals surface area contributed by atoms with E-state index in [0.29, 0.717) is 26.4 Å². The molecule has 0 aliphatic heterocycles. The van der Waals surface area contributed by atoms with Gasteiger partial charge in [0.1, 0.15) is 6.61 Å². The van der Waals surface area contributed by atoms with Crippen LogP contribution in [-0.4, -0.2) is 49.5 Å². The Labute approximate surface area is 128 Å². The molecule has 0 spiro atoms. The van der Waals surface area contributed by atoms with E-state index in [1.54, 1.807) is 0 Å². The molecule has 0 aliphatic rings. The van der Waals surface area contributed by atoms with Crippen LogP contribution in [0, 0.1) is 0 Å². The van der Waals surface area contributed by atoms with Gasteiger partial charge in [0.15, 0.2) is 5.79 Å². The molecular weight excluding hydrogens is 288 g/mol. The summed E-state index contributed by atoms with van der Waals surface area (Å²) in [5, 5.41) is 0. The molecule has 0 aromatic heterocycles. The van der Waals surface area contributed by atoms with Crippen molar-refractivity contribution in [3.05, 3.63) is 0 Å². The highest BCUT2D eigenvalue weighted by molar-refractivity contribution is 7.80. The molecule has 18 heavy (non-hydrogen) atoms. The minimum Gasteiger partial charge on any atom is -0.376 e. The second kappa shape index (κ2) is 12.9. The van der Waals surface area contributed by atoms with Gasteiger partial charge in [0.25, 0.3) is 0 Å². The van der Waals surface area contributed by atoms with E-state index in [1.807, 2.05) is 6.92 Å². The first kappa shape index (κ1) is 18.9. The Morgan fingerprint density at radius 1 is 0.778 bits per heavy atom. The van der Waals surface area contributed by atoms with Gasteiger partial charge >= 0.3 is 0 Å². The van der Waals surface area contributed by atoms with Crippen molar-refractivity contribution in [2.75, 3.05) is 43.7 Å². The van der Waals surface area contributed by atoms with Gasteiger partial charge in [0.2, 0.25) is 0 Å². The van der Waals surface area contributed by atoms with Crippen LogP contribution in [0.4, 0.5) is 0 Å². The molecule has 110 valence electrons. The van der Waals surface area contributed by atoms with E-state index in [1.165, 1.54) is 0 Å². The highest BCUT2D eigenvalue weighted by Gasteiger charge is 2.26. The van der Waals surface area contributed by atoms with E-state index in [9.17, 15) is 0 Å². The monoisotopic (exact) mass is 314 g/mol. The Morgan fingerprint density at radius 3 is 1.67 bits per heavy atom. The van der Waals surface area contributed by atoms with Gasteiger partial charge in [-0.3, -0.25) is 0 Å². The molecule has 0 atom stereocenters. The predicted octanol–water partition coefficient (Wildman–Crippen LogP) is 2.71. The van der Waals surface area contributed by atoms with Crippen molar-refractivity contribution in [2.24, 2.45) is 0 Å². The molecule has 0 rings (SSSR count). The summed E-state index contributed by atoms with van der Waals surface area (Å²) in [6.07, 6.45) is 2.75. The standard InChI is InChI=1S/C12H26O3S3/c1-12(14-6-3-9-17,15-7-4-10-18)11-13-5-2-8-16/h16-18H,2-11H2,1H3. The lowest BCUT2D eigenvalue weighted by Gasteiger charge is -2.30. The smallest absolute Gasteiger partial charge is 0.188 e. The molecule has 0 N–H and O–H groups in total. The summed E-state index contributed by atoms with van der Waals surface area (Å²) in [4.78, 5) is 0. The quantitative estimate of drug-likeness (QED) is 0.277. The van der Waals surface area contributed by atoms with Gasteiger partial charge in [-0.2, -0.15) is 37.9 Å². The largest absolute Gasteiger partial charge is 0.376 e. The maximum Gasteiger partial charge on any atom is 0.188 e. The third kappa shape index (κ3) is 10.8. The molecule has 0 radical (unpaired) electrons. The van der Waals surface area contributed by atoms with Crippen molar-refractivity contribution in [1.82, 2.24) is 0 Å². The average molecular weight is 315 g/mol. The summed E-state index contributed by atoms with van der Waals surface area (Å²) in [7, 11) is 0. The third-order valence-electron chi connectivity index (χ3n) is 2.23. The number of hydrogen-bond donors (Lipinski definition) is 3. The van der Waals surface area contributed by atoms with Crippen LogP contribution < -0.4 is 0 Å². The fourth-order valence-electron chi connectivity index (χ4n) is 1.25. The summed E-state index contributed by atoms with van der Waals surface area (Å²) in [6.45, 7) is 4.32. The molecule has 0 unspecified atom stereocenters. The van der Waals surface area contributed by atoms with Crippen LogP contribution >= 0.6 is 37.9 Å². The predicted molar refractivity (Wildman–Crippen MR) is 86.5 cm³/mol. The van der Waals surface area contributed by atoms with E-state index in [4.69, 9.17) is 14.2 Å². The molecule has 0 amide bonds. The van der Waals surface area contributed by atoms with Crippen molar-refractivity contribution in [3.8, 4) is 0 Å². The molecule has 0 saturated carbocycles. The second-order valence-corrected chi connectivity index (χ2v) is 5.46. The molecule has 0 heterocycles. The Hall–Kier alpha value is 0.930. The van der Waals surface area contributed by atoms with Crippen molar-refractivity contribution >= 4 is 37.9 Å². The van der Waals surface area contributed by atoms with Crippen molar-refractivity contribution in [3.63, 3.8) is 0 Å².